The van der Waals surface area contributed by atoms with Crippen LogP contribution < -0.4 is 5.32 Å². The molecule has 0 radical (unpaired) electrons. The van der Waals surface area contributed by atoms with Crippen LogP contribution >= 0.6 is 11.6 Å². The van der Waals surface area contributed by atoms with Crippen molar-refractivity contribution in [3.8, 4) is 0 Å². The van der Waals surface area contributed by atoms with E-state index in [0.29, 0.717) is 24.5 Å². The summed E-state index contributed by atoms with van der Waals surface area (Å²) in [7, 11) is 0. The number of nitrogens with zero attached hydrogens (tertiary/aromatic N) is 1. The molecule has 5 heteroatoms. The average Bonchev–Trinajstić information content (AvgIpc) is 2.39. The van der Waals surface area contributed by atoms with Crippen LogP contribution in [0.2, 0.25) is 5.02 Å². The Balaban J connectivity index is 2.26. The van der Waals surface area contributed by atoms with Crippen LogP contribution in [-0.4, -0.2) is 29.8 Å². The maximum absolute atomic E-state index is 12.3. The number of rotatable bonds is 3. The number of piperazine rings is 1. The summed E-state index contributed by atoms with van der Waals surface area (Å²) >= 11 is 5.87. The van der Waals surface area contributed by atoms with Gasteiger partial charge in [0.15, 0.2) is 0 Å². The van der Waals surface area contributed by atoms with Gasteiger partial charge in [0.1, 0.15) is 6.04 Å². The highest BCUT2D eigenvalue weighted by atomic mass is 35.5. The molecule has 1 aliphatic rings. The molecule has 1 saturated heterocycles. The number of halogens is 1. The Morgan fingerprint density at radius 3 is 2.65 bits per heavy atom. The van der Waals surface area contributed by atoms with Gasteiger partial charge >= 0.3 is 0 Å². The van der Waals surface area contributed by atoms with Crippen molar-refractivity contribution in [1.82, 2.24) is 10.2 Å². The third-order valence-corrected chi connectivity index (χ3v) is 3.55. The zero-order valence-electron chi connectivity index (χ0n) is 11.7. The van der Waals surface area contributed by atoms with Gasteiger partial charge < -0.3 is 10.2 Å². The number of hydrogen-bond acceptors (Lipinski definition) is 2. The molecule has 1 heterocycles. The van der Waals surface area contributed by atoms with Crippen molar-refractivity contribution in [3.05, 3.63) is 34.9 Å². The fourth-order valence-corrected chi connectivity index (χ4v) is 2.50. The Labute approximate surface area is 124 Å². The van der Waals surface area contributed by atoms with E-state index in [4.69, 9.17) is 11.6 Å². The van der Waals surface area contributed by atoms with Crippen LogP contribution in [0.5, 0.6) is 0 Å². The Hall–Kier alpha value is -1.55. The topological polar surface area (TPSA) is 49.4 Å². The number of carbonyl (C=O) groups excluding carboxylic acids is 2. The van der Waals surface area contributed by atoms with Crippen molar-refractivity contribution in [2.75, 3.05) is 13.1 Å². The summed E-state index contributed by atoms with van der Waals surface area (Å²) in [5.41, 5.74) is 0.795. The van der Waals surface area contributed by atoms with Gasteiger partial charge in [-0.25, -0.2) is 0 Å². The van der Waals surface area contributed by atoms with Crippen LogP contribution in [0.4, 0.5) is 0 Å². The monoisotopic (exact) mass is 294 g/mol. The summed E-state index contributed by atoms with van der Waals surface area (Å²) in [4.78, 5) is 26.1. The molecular weight excluding hydrogens is 276 g/mol. The molecular formula is C15H19ClN2O2. The molecule has 1 atom stereocenters. The predicted octanol–water partition coefficient (Wildman–Crippen LogP) is 2.39. The second-order valence-corrected chi connectivity index (χ2v) is 5.87. The lowest BCUT2D eigenvalue weighted by Crippen LogP contribution is -2.52. The van der Waals surface area contributed by atoms with E-state index in [1.165, 1.54) is 0 Å². The molecule has 1 aromatic rings. The number of carbonyl (C=O) groups is 2. The molecule has 0 aliphatic carbocycles. The first-order valence-corrected chi connectivity index (χ1v) is 7.19. The van der Waals surface area contributed by atoms with E-state index in [1.54, 1.807) is 29.2 Å². The van der Waals surface area contributed by atoms with E-state index < -0.39 is 6.04 Å². The highest BCUT2D eigenvalue weighted by Crippen LogP contribution is 2.26. The van der Waals surface area contributed by atoms with Crippen molar-refractivity contribution >= 4 is 23.4 Å². The van der Waals surface area contributed by atoms with Gasteiger partial charge in [-0.3, -0.25) is 9.59 Å². The third kappa shape index (κ3) is 3.31. The van der Waals surface area contributed by atoms with Crippen LogP contribution in [0.25, 0.3) is 0 Å². The van der Waals surface area contributed by atoms with Gasteiger partial charge in [-0.1, -0.05) is 37.6 Å². The van der Waals surface area contributed by atoms with Gasteiger partial charge in [-0.15, -0.1) is 0 Å². The molecule has 1 fully saturated rings. The largest absolute Gasteiger partial charge is 0.352 e. The maximum Gasteiger partial charge on any atom is 0.247 e. The Morgan fingerprint density at radius 2 is 2.05 bits per heavy atom. The molecule has 1 aromatic carbocycles. The zero-order chi connectivity index (χ0) is 14.7. The zero-order valence-corrected chi connectivity index (χ0v) is 12.5. The average molecular weight is 295 g/mol. The van der Waals surface area contributed by atoms with Crippen LogP contribution in [0, 0.1) is 5.92 Å². The Morgan fingerprint density at radius 1 is 1.40 bits per heavy atom. The van der Waals surface area contributed by atoms with E-state index in [9.17, 15) is 9.59 Å². The Kier molecular flexibility index (Phi) is 4.65. The van der Waals surface area contributed by atoms with Gasteiger partial charge in [-0.2, -0.15) is 0 Å². The van der Waals surface area contributed by atoms with Crippen LogP contribution in [0.3, 0.4) is 0 Å². The lowest BCUT2D eigenvalue weighted by Gasteiger charge is -2.35. The van der Waals surface area contributed by atoms with Crippen LogP contribution in [0.1, 0.15) is 31.9 Å². The fourth-order valence-electron chi connectivity index (χ4n) is 2.38. The summed E-state index contributed by atoms with van der Waals surface area (Å²) in [6.45, 7) is 5.05. The Bertz CT molecular complexity index is 499. The van der Waals surface area contributed by atoms with Gasteiger partial charge in [0.2, 0.25) is 11.8 Å². The molecule has 1 unspecified atom stereocenters. The first-order valence-electron chi connectivity index (χ1n) is 6.81. The van der Waals surface area contributed by atoms with E-state index in [0.717, 1.165) is 5.56 Å². The van der Waals surface area contributed by atoms with Crippen molar-refractivity contribution < 1.29 is 9.59 Å². The highest BCUT2D eigenvalue weighted by Gasteiger charge is 2.34. The predicted molar refractivity (Wildman–Crippen MR) is 78.4 cm³/mol. The minimum absolute atomic E-state index is 0.0230. The standard InChI is InChI=1S/C15H19ClN2O2/c1-10(2)9-13(19)18-8-7-17-15(20)14(18)11-3-5-12(16)6-4-11/h3-6,10,14H,7-9H2,1-2H3,(H,17,20). The summed E-state index contributed by atoms with van der Waals surface area (Å²) in [6.07, 6.45) is 0.456. The minimum Gasteiger partial charge on any atom is -0.352 e. The van der Waals surface area contributed by atoms with E-state index in [1.807, 2.05) is 13.8 Å². The van der Waals surface area contributed by atoms with Crippen molar-refractivity contribution in [2.45, 2.75) is 26.3 Å². The highest BCUT2D eigenvalue weighted by molar-refractivity contribution is 6.30. The van der Waals surface area contributed by atoms with Crippen molar-refractivity contribution in [1.29, 1.82) is 0 Å². The maximum atomic E-state index is 12.3. The summed E-state index contributed by atoms with van der Waals surface area (Å²) < 4.78 is 0. The molecule has 20 heavy (non-hydrogen) atoms. The van der Waals surface area contributed by atoms with Gasteiger partial charge in [-0.05, 0) is 23.6 Å². The molecule has 108 valence electrons. The number of hydrogen-bond donors (Lipinski definition) is 1. The number of amides is 2. The SMILES string of the molecule is CC(C)CC(=O)N1CCNC(=O)C1c1ccc(Cl)cc1. The molecule has 1 N–H and O–H groups in total. The van der Waals surface area contributed by atoms with Gasteiger partial charge in [0, 0.05) is 24.5 Å². The second-order valence-electron chi connectivity index (χ2n) is 5.43. The molecule has 2 rings (SSSR count). The third-order valence-electron chi connectivity index (χ3n) is 3.30. The van der Waals surface area contributed by atoms with E-state index in [-0.39, 0.29) is 17.7 Å². The van der Waals surface area contributed by atoms with E-state index >= 15 is 0 Å². The number of benzene rings is 1. The van der Waals surface area contributed by atoms with Crippen LogP contribution in [0.15, 0.2) is 24.3 Å². The molecule has 0 aromatic heterocycles. The molecule has 1 aliphatic heterocycles. The molecule has 2 amide bonds. The van der Waals surface area contributed by atoms with Gasteiger partial charge in [0.25, 0.3) is 0 Å². The smallest absolute Gasteiger partial charge is 0.247 e. The molecule has 0 saturated carbocycles. The van der Waals surface area contributed by atoms with Crippen LogP contribution in [-0.2, 0) is 9.59 Å². The first kappa shape index (κ1) is 14.9. The molecule has 0 bridgehead atoms. The summed E-state index contributed by atoms with van der Waals surface area (Å²) in [5.74, 6) is 0.170. The van der Waals surface area contributed by atoms with E-state index in [2.05, 4.69) is 5.32 Å². The lowest BCUT2D eigenvalue weighted by molar-refractivity contribution is -0.144. The van der Waals surface area contributed by atoms with Gasteiger partial charge in [0.05, 0.1) is 0 Å². The normalized spacial score (nSPS) is 19.1. The summed E-state index contributed by atoms with van der Waals surface area (Å²) in [5, 5.41) is 3.43. The lowest BCUT2D eigenvalue weighted by atomic mass is 10.0. The second kappa shape index (κ2) is 6.27. The molecule has 4 nitrogen and oxygen atoms in total. The first-order chi connectivity index (χ1) is 9.49. The fraction of sp³-hybridized carbons (Fsp3) is 0.467. The minimum atomic E-state index is -0.549. The quantitative estimate of drug-likeness (QED) is 0.930. The molecule has 0 spiro atoms. The summed E-state index contributed by atoms with van der Waals surface area (Å²) in [6, 6.07) is 6.53. The van der Waals surface area contributed by atoms with Crippen molar-refractivity contribution in [2.24, 2.45) is 5.92 Å². The number of nitrogens with one attached hydrogen (secondary N) is 1. The van der Waals surface area contributed by atoms with Crippen molar-refractivity contribution in [3.63, 3.8) is 0 Å².